The summed E-state index contributed by atoms with van der Waals surface area (Å²) in [7, 11) is 0. The van der Waals surface area contributed by atoms with Gasteiger partial charge in [-0.2, -0.15) is 13.2 Å². The number of hydrogen-bond donors (Lipinski definition) is 0. The second-order valence-electron chi connectivity index (χ2n) is 5.66. The minimum atomic E-state index is -4.31. The fourth-order valence-corrected chi connectivity index (χ4v) is 2.81. The molecule has 0 aliphatic rings. The Morgan fingerprint density at radius 3 is 2.04 bits per heavy atom. The molecule has 3 aromatic carbocycles. The third kappa shape index (κ3) is 2.60. The lowest BCUT2D eigenvalue weighted by Gasteiger charge is -2.09. The molecule has 24 heavy (non-hydrogen) atoms. The molecule has 0 bridgehead atoms. The summed E-state index contributed by atoms with van der Waals surface area (Å²) in [4.78, 5) is 4.61. The van der Waals surface area contributed by atoms with Crippen LogP contribution in [-0.4, -0.2) is 4.98 Å². The average molecular weight is 323 g/mol. The summed E-state index contributed by atoms with van der Waals surface area (Å²) in [5, 5.41) is 2.00. The van der Waals surface area contributed by atoms with E-state index in [1.165, 1.54) is 12.1 Å². The maximum atomic E-state index is 12.7. The Balaban J connectivity index is 1.80. The van der Waals surface area contributed by atoms with E-state index >= 15 is 0 Å². The van der Waals surface area contributed by atoms with E-state index in [1.807, 2.05) is 48.5 Å². The molecule has 0 aliphatic carbocycles. The Bertz CT molecular complexity index is 1030. The lowest BCUT2D eigenvalue weighted by atomic mass is 10.0. The zero-order chi connectivity index (χ0) is 16.7. The zero-order valence-electron chi connectivity index (χ0n) is 12.5. The van der Waals surface area contributed by atoms with Crippen LogP contribution in [0, 0.1) is 0 Å². The first-order chi connectivity index (χ1) is 11.5. The SMILES string of the molecule is FC(F)(F)c1ccc(-c2ccc3nc4ccccc4cc3c2)cc1. The molecule has 0 radical (unpaired) electrons. The Morgan fingerprint density at radius 2 is 1.29 bits per heavy atom. The van der Waals surface area contributed by atoms with E-state index in [9.17, 15) is 13.2 Å². The Morgan fingerprint density at radius 1 is 0.625 bits per heavy atom. The van der Waals surface area contributed by atoms with E-state index in [0.717, 1.165) is 45.1 Å². The highest BCUT2D eigenvalue weighted by Gasteiger charge is 2.29. The molecule has 0 fully saturated rings. The first-order valence-corrected chi connectivity index (χ1v) is 7.48. The fourth-order valence-electron chi connectivity index (χ4n) is 2.81. The van der Waals surface area contributed by atoms with Gasteiger partial charge in [0.1, 0.15) is 0 Å². The van der Waals surface area contributed by atoms with Gasteiger partial charge < -0.3 is 0 Å². The standard InChI is InChI=1S/C20H12F3N/c21-20(22,23)17-8-5-13(6-9-17)14-7-10-19-16(11-14)12-15-3-1-2-4-18(15)24-19/h1-12H. The van der Waals surface area contributed by atoms with Crippen molar-refractivity contribution in [2.24, 2.45) is 0 Å². The summed E-state index contributed by atoms with van der Waals surface area (Å²) < 4.78 is 38.0. The van der Waals surface area contributed by atoms with Crippen molar-refractivity contribution in [2.45, 2.75) is 6.18 Å². The second-order valence-corrected chi connectivity index (χ2v) is 5.66. The van der Waals surface area contributed by atoms with Crippen LogP contribution in [0.4, 0.5) is 13.2 Å². The molecule has 0 aliphatic heterocycles. The molecule has 0 saturated heterocycles. The van der Waals surface area contributed by atoms with Gasteiger partial charge in [-0.3, -0.25) is 0 Å². The van der Waals surface area contributed by atoms with Crippen LogP contribution in [0.1, 0.15) is 5.56 Å². The van der Waals surface area contributed by atoms with Crippen LogP contribution in [0.5, 0.6) is 0 Å². The summed E-state index contributed by atoms with van der Waals surface area (Å²) in [5.74, 6) is 0. The van der Waals surface area contributed by atoms with Crippen molar-refractivity contribution in [2.75, 3.05) is 0 Å². The molecule has 0 N–H and O–H groups in total. The number of aromatic nitrogens is 1. The average Bonchev–Trinajstić information content (AvgIpc) is 2.59. The number of fused-ring (bicyclic) bond motifs is 2. The Kier molecular flexibility index (Phi) is 3.27. The third-order valence-corrected chi connectivity index (χ3v) is 4.06. The molecule has 4 aromatic rings. The largest absolute Gasteiger partial charge is 0.416 e. The number of halogens is 3. The van der Waals surface area contributed by atoms with Crippen molar-refractivity contribution in [3.8, 4) is 11.1 Å². The molecule has 4 rings (SSSR count). The minimum absolute atomic E-state index is 0.639. The van der Waals surface area contributed by atoms with Crippen molar-refractivity contribution in [1.82, 2.24) is 4.98 Å². The maximum absolute atomic E-state index is 12.7. The number of benzene rings is 3. The molecule has 0 atom stereocenters. The van der Waals surface area contributed by atoms with Crippen molar-refractivity contribution >= 4 is 21.8 Å². The van der Waals surface area contributed by atoms with Gasteiger partial charge in [0, 0.05) is 10.8 Å². The molecule has 4 heteroatoms. The molecule has 0 spiro atoms. The summed E-state index contributed by atoms with van der Waals surface area (Å²) in [6, 6.07) is 20.8. The number of rotatable bonds is 1. The zero-order valence-corrected chi connectivity index (χ0v) is 12.5. The topological polar surface area (TPSA) is 12.9 Å². The maximum Gasteiger partial charge on any atom is 0.416 e. The molecular weight excluding hydrogens is 311 g/mol. The highest BCUT2D eigenvalue weighted by molar-refractivity contribution is 5.94. The van der Waals surface area contributed by atoms with Crippen LogP contribution in [0.2, 0.25) is 0 Å². The molecule has 0 saturated carbocycles. The van der Waals surface area contributed by atoms with E-state index in [4.69, 9.17) is 0 Å². The minimum Gasteiger partial charge on any atom is -0.248 e. The number of alkyl halides is 3. The Hall–Kier alpha value is -2.88. The summed E-state index contributed by atoms with van der Waals surface area (Å²) in [5.41, 5.74) is 2.77. The number of para-hydroxylation sites is 1. The highest BCUT2D eigenvalue weighted by Crippen LogP contribution is 2.32. The van der Waals surface area contributed by atoms with Crippen LogP contribution in [0.25, 0.3) is 32.9 Å². The number of pyridine rings is 1. The lowest BCUT2D eigenvalue weighted by molar-refractivity contribution is -0.137. The van der Waals surface area contributed by atoms with Crippen molar-refractivity contribution in [3.63, 3.8) is 0 Å². The Labute approximate surface area is 136 Å². The van der Waals surface area contributed by atoms with Crippen molar-refractivity contribution < 1.29 is 13.2 Å². The van der Waals surface area contributed by atoms with Crippen LogP contribution in [0.15, 0.2) is 72.8 Å². The van der Waals surface area contributed by atoms with E-state index in [0.29, 0.717) is 0 Å². The van der Waals surface area contributed by atoms with Gasteiger partial charge >= 0.3 is 6.18 Å². The van der Waals surface area contributed by atoms with E-state index in [-0.39, 0.29) is 0 Å². The summed E-state index contributed by atoms with van der Waals surface area (Å²) in [6.07, 6.45) is -4.31. The number of nitrogens with zero attached hydrogens (tertiary/aromatic N) is 1. The third-order valence-electron chi connectivity index (χ3n) is 4.06. The molecule has 1 aromatic heterocycles. The first kappa shape index (κ1) is 14.7. The number of hydrogen-bond acceptors (Lipinski definition) is 1. The van der Waals surface area contributed by atoms with Gasteiger partial charge in [0.05, 0.1) is 16.6 Å². The lowest BCUT2D eigenvalue weighted by Crippen LogP contribution is -2.03. The molecule has 0 unspecified atom stereocenters. The monoisotopic (exact) mass is 323 g/mol. The van der Waals surface area contributed by atoms with Crippen LogP contribution >= 0.6 is 0 Å². The smallest absolute Gasteiger partial charge is 0.248 e. The molecule has 1 nitrogen and oxygen atoms in total. The van der Waals surface area contributed by atoms with Crippen LogP contribution < -0.4 is 0 Å². The van der Waals surface area contributed by atoms with Gasteiger partial charge in [-0.15, -0.1) is 0 Å². The molecule has 0 amide bonds. The normalized spacial score (nSPS) is 12.0. The van der Waals surface area contributed by atoms with Crippen molar-refractivity contribution in [3.05, 3.63) is 78.4 Å². The predicted molar refractivity (Wildman–Crippen MR) is 89.7 cm³/mol. The quantitative estimate of drug-likeness (QED) is 0.387. The van der Waals surface area contributed by atoms with Gasteiger partial charge in [0.15, 0.2) is 0 Å². The van der Waals surface area contributed by atoms with E-state index in [2.05, 4.69) is 4.98 Å². The fraction of sp³-hybridized carbons (Fsp3) is 0.0500. The van der Waals surface area contributed by atoms with Gasteiger partial charge in [0.25, 0.3) is 0 Å². The van der Waals surface area contributed by atoms with Crippen LogP contribution in [0.3, 0.4) is 0 Å². The second kappa shape index (κ2) is 5.34. The molecular formula is C20H12F3N. The highest BCUT2D eigenvalue weighted by atomic mass is 19.4. The van der Waals surface area contributed by atoms with Gasteiger partial charge in [-0.25, -0.2) is 4.98 Å². The van der Waals surface area contributed by atoms with E-state index in [1.54, 1.807) is 0 Å². The molecule has 118 valence electrons. The van der Waals surface area contributed by atoms with Crippen LogP contribution in [-0.2, 0) is 6.18 Å². The summed E-state index contributed by atoms with van der Waals surface area (Å²) >= 11 is 0. The van der Waals surface area contributed by atoms with Crippen molar-refractivity contribution in [1.29, 1.82) is 0 Å². The van der Waals surface area contributed by atoms with Gasteiger partial charge in [-0.1, -0.05) is 36.4 Å². The van der Waals surface area contributed by atoms with E-state index < -0.39 is 11.7 Å². The summed E-state index contributed by atoms with van der Waals surface area (Å²) in [6.45, 7) is 0. The van der Waals surface area contributed by atoms with Gasteiger partial charge in [-0.05, 0) is 47.5 Å². The first-order valence-electron chi connectivity index (χ1n) is 7.48. The van der Waals surface area contributed by atoms with Gasteiger partial charge in [0.2, 0.25) is 0 Å². The molecule has 1 heterocycles. The predicted octanol–water partition coefficient (Wildman–Crippen LogP) is 6.07.